The molecule has 0 N–H and O–H groups in total. The minimum Gasteiger partial charge on any atom is -0.741 e. The van der Waals surface area contributed by atoms with Crippen molar-refractivity contribution >= 4 is 10.1 Å². The van der Waals surface area contributed by atoms with Crippen LogP contribution in [0.1, 0.15) is 6.42 Å². The van der Waals surface area contributed by atoms with E-state index in [1.54, 1.807) is 0 Å². The Morgan fingerprint density at radius 3 is 1.34 bits per heavy atom. The third-order valence-corrected chi connectivity index (χ3v) is 4.67. The van der Waals surface area contributed by atoms with Gasteiger partial charge >= 0.3 is 35.9 Å². The molecule has 1 heterocycles. The molecule has 0 saturated carbocycles. The van der Waals surface area contributed by atoms with Crippen LogP contribution in [0.15, 0.2) is 18.7 Å². The average molecular weight is 578 g/mol. The normalized spacial score (nSPS) is 15.0. The Kier molecular flexibility index (Phi) is 8.92. The van der Waals surface area contributed by atoms with Crippen molar-refractivity contribution in [1.82, 2.24) is 4.57 Å². The molecule has 1 aromatic heterocycles. The average Bonchev–Trinajstić information content (AvgIpc) is 2.95. The molecule has 0 spiro atoms. The topological polar surface area (TPSA) is 66.0 Å². The monoisotopic (exact) mass is 578 g/mol. The molecule has 0 aliphatic carbocycles. The Bertz CT molecular complexity index is 941. The Labute approximate surface area is 183 Å². The van der Waals surface area contributed by atoms with Crippen LogP contribution in [0.5, 0.6) is 0 Å². The van der Waals surface area contributed by atoms with Crippen LogP contribution in [-0.4, -0.2) is 53.4 Å². The molecule has 1 aromatic rings. The summed E-state index contributed by atoms with van der Waals surface area (Å²) in [6, 6.07) is 0. The number of alkyl halides is 16. The molecule has 0 aliphatic heterocycles. The second-order valence-corrected chi connectivity index (χ2v) is 7.89. The maximum atomic E-state index is 13.8. The van der Waals surface area contributed by atoms with Gasteiger partial charge in [0, 0.05) is 6.42 Å². The van der Waals surface area contributed by atoms with Gasteiger partial charge in [-0.3, -0.25) is 0 Å². The first-order valence-electron chi connectivity index (χ1n) is 7.96. The number of nitrogens with zero attached hydrogens (tertiary/aromatic N) is 2. The van der Waals surface area contributed by atoms with Gasteiger partial charge in [-0.1, -0.05) is 0 Å². The first-order chi connectivity index (χ1) is 15.0. The lowest BCUT2D eigenvalue weighted by Crippen LogP contribution is -2.70. The van der Waals surface area contributed by atoms with Crippen LogP contribution in [0.2, 0.25) is 0 Å². The fraction of sp³-hybridized carbons (Fsp3) is 0.769. The van der Waals surface area contributed by atoms with E-state index < -0.39 is 64.4 Å². The summed E-state index contributed by atoms with van der Waals surface area (Å²) in [5.41, 5.74) is -12.3. The van der Waals surface area contributed by atoms with Crippen LogP contribution in [0.25, 0.3) is 0 Å². The molecule has 5 nitrogen and oxygen atoms in total. The smallest absolute Gasteiger partial charge is 0.485 e. The lowest BCUT2D eigenvalue weighted by Gasteiger charge is -2.45. The number of imidazole rings is 1. The van der Waals surface area contributed by atoms with Crippen LogP contribution in [0, 0.1) is 5.41 Å². The first kappa shape index (κ1) is 33.0. The zero-order valence-electron chi connectivity index (χ0n) is 16.2. The minimum atomic E-state index is -7.60. The minimum absolute atomic E-state index is 0.494. The highest BCUT2D eigenvalue weighted by molar-refractivity contribution is 7.86. The second-order valence-electron chi connectivity index (χ2n) is 6.51. The van der Waals surface area contributed by atoms with Gasteiger partial charge in [0.15, 0.2) is 10.1 Å². The molecule has 0 atom stereocenters. The molecule has 0 radical (unpaired) electrons. The highest BCUT2D eigenvalue weighted by atomic mass is 32.2. The zero-order chi connectivity index (χ0) is 28.7. The first-order valence-corrected chi connectivity index (χ1v) is 9.37. The van der Waals surface area contributed by atoms with E-state index in [2.05, 4.69) is 0 Å². The Hall–Kier alpha value is -2.00. The molecule has 22 heteroatoms. The van der Waals surface area contributed by atoms with Gasteiger partial charge in [-0.15, -0.1) is 0 Å². The van der Waals surface area contributed by atoms with Gasteiger partial charge in [0.2, 0.25) is 11.7 Å². The number of hydrogen-bond donors (Lipinski definition) is 0. The molecule has 0 aliphatic rings. The van der Waals surface area contributed by atoms with Crippen LogP contribution in [0.4, 0.5) is 70.2 Å². The highest BCUT2D eigenvalue weighted by Gasteiger charge is 2.91. The highest BCUT2D eigenvalue weighted by Crippen LogP contribution is 2.66. The van der Waals surface area contributed by atoms with E-state index >= 15 is 0 Å². The maximum Gasteiger partial charge on any atom is 0.485 e. The molecule has 0 aromatic carbocycles. The van der Waals surface area contributed by atoms with Crippen molar-refractivity contribution in [2.45, 2.75) is 48.8 Å². The summed E-state index contributed by atoms with van der Waals surface area (Å²) in [6.45, 7) is -1.57. The number of aromatic nitrogens is 2. The van der Waals surface area contributed by atoms with E-state index in [4.69, 9.17) is 13.0 Å². The molecule has 208 valence electrons. The summed E-state index contributed by atoms with van der Waals surface area (Å²) in [5.74, 6) is -15.2. The number of rotatable bonds is 5. The van der Waals surface area contributed by atoms with Gasteiger partial charge in [-0.2, -0.15) is 70.2 Å². The van der Waals surface area contributed by atoms with E-state index in [1.165, 1.54) is 7.05 Å². The fourth-order valence-corrected chi connectivity index (χ4v) is 2.33. The lowest BCUT2D eigenvalue weighted by molar-refractivity contribution is -0.671. The standard InChI is InChI=1S/C12H10F13N2.CHF3O3S/c1-26-4-5-27(6-26)3-2-7(10(17,18)19,11(20,21)22)8(13,14)9(15,16)12(23,24)25;2-1(3,4)8(5,6)7/h4-6H,2-3H2,1H3;(H,5,6,7)/q+1;/p-1. The predicted octanol–water partition coefficient (Wildman–Crippen LogP) is 4.70. The van der Waals surface area contributed by atoms with Gasteiger partial charge in [-0.25, -0.2) is 17.6 Å². The van der Waals surface area contributed by atoms with E-state index in [0.29, 0.717) is 4.57 Å². The second kappa shape index (κ2) is 9.47. The molecule has 35 heavy (non-hydrogen) atoms. The van der Waals surface area contributed by atoms with Crippen molar-refractivity contribution in [3.05, 3.63) is 18.7 Å². The molecular weight excluding hydrogens is 568 g/mol. The van der Waals surface area contributed by atoms with Gasteiger partial charge < -0.3 is 4.55 Å². The quantitative estimate of drug-likeness (QED) is 0.221. The Morgan fingerprint density at radius 2 is 1.11 bits per heavy atom. The van der Waals surface area contributed by atoms with Crippen molar-refractivity contribution in [3.8, 4) is 0 Å². The summed E-state index contributed by atoms with van der Waals surface area (Å²) >= 11 is 0. The van der Waals surface area contributed by atoms with Crippen LogP contribution in [-0.2, 0) is 23.7 Å². The maximum absolute atomic E-state index is 13.8. The molecule has 0 bridgehead atoms. The van der Waals surface area contributed by atoms with Gasteiger partial charge in [0.05, 0.1) is 13.6 Å². The van der Waals surface area contributed by atoms with Crippen molar-refractivity contribution in [3.63, 3.8) is 0 Å². The van der Waals surface area contributed by atoms with E-state index in [0.717, 1.165) is 23.3 Å². The summed E-state index contributed by atoms with van der Waals surface area (Å²) < 4.78 is 229. The SMILES string of the molecule is C[n+]1ccn(CCC(C(F)(F)F)(C(F)(F)F)C(F)(F)C(F)(F)C(F)(F)F)c1.O=S(=O)([O-])C(F)(F)F. The van der Waals surface area contributed by atoms with Crippen LogP contribution in [0.3, 0.4) is 0 Å². The summed E-state index contributed by atoms with van der Waals surface area (Å²) in [7, 11) is -4.85. The summed E-state index contributed by atoms with van der Waals surface area (Å²) in [6.07, 6.45) is -21.8. The summed E-state index contributed by atoms with van der Waals surface area (Å²) in [4.78, 5) is 0. The number of halogens is 16. The lowest BCUT2D eigenvalue weighted by atomic mass is 9.73. The third kappa shape index (κ3) is 6.42. The van der Waals surface area contributed by atoms with Crippen molar-refractivity contribution in [2.24, 2.45) is 12.5 Å². The van der Waals surface area contributed by atoms with Crippen molar-refractivity contribution in [2.75, 3.05) is 0 Å². The molecule has 1 rings (SSSR count). The van der Waals surface area contributed by atoms with Crippen LogP contribution < -0.4 is 4.57 Å². The molecule has 0 fully saturated rings. The van der Waals surface area contributed by atoms with Crippen molar-refractivity contribution in [1.29, 1.82) is 0 Å². The largest absolute Gasteiger partial charge is 0.741 e. The molecule has 0 saturated heterocycles. The molecule has 0 unspecified atom stereocenters. The van der Waals surface area contributed by atoms with Gasteiger partial charge in [-0.05, 0) is 0 Å². The molecular formula is C13H10F16N2O3S. The summed E-state index contributed by atoms with van der Waals surface area (Å²) in [5, 5.41) is 0. The van der Waals surface area contributed by atoms with E-state index in [9.17, 15) is 70.2 Å². The Morgan fingerprint density at radius 1 is 0.743 bits per heavy atom. The van der Waals surface area contributed by atoms with Gasteiger partial charge in [0.25, 0.3) is 0 Å². The number of hydrogen-bond acceptors (Lipinski definition) is 3. The number of aryl methyl sites for hydroxylation is 2. The van der Waals surface area contributed by atoms with Crippen molar-refractivity contribution < 1.29 is 87.8 Å². The third-order valence-electron chi connectivity index (χ3n) is 4.11. The van der Waals surface area contributed by atoms with Crippen LogP contribution >= 0.6 is 0 Å². The van der Waals surface area contributed by atoms with E-state index in [-0.39, 0.29) is 0 Å². The molecule has 0 amide bonds. The van der Waals surface area contributed by atoms with E-state index in [1.807, 2.05) is 0 Å². The Balaban J connectivity index is 0.00000124. The fourth-order valence-electron chi connectivity index (χ4n) is 2.33. The zero-order valence-corrected chi connectivity index (χ0v) is 17.0. The van der Waals surface area contributed by atoms with Gasteiger partial charge in [0.1, 0.15) is 12.4 Å². The predicted molar refractivity (Wildman–Crippen MR) is 76.5 cm³/mol.